The number of hydrogen-bond donors (Lipinski definition) is 0. The molecule has 0 aliphatic carbocycles. The molecule has 0 bridgehead atoms. The lowest BCUT2D eigenvalue weighted by Crippen LogP contribution is -2.06. The van der Waals surface area contributed by atoms with Crippen LogP contribution in [0.1, 0.15) is 15.4 Å². The molecule has 0 aliphatic heterocycles. The highest BCUT2D eigenvalue weighted by Gasteiger charge is 2.31. The Hall–Kier alpha value is -3.49. The molecule has 0 radical (unpaired) electrons. The van der Waals surface area contributed by atoms with E-state index < -0.39 is 21.6 Å². The summed E-state index contributed by atoms with van der Waals surface area (Å²) in [7, 11) is -2.47. The lowest BCUT2D eigenvalue weighted by Gasteiger charge is -2.14. The first kappa shape index (κ1) is 22.7. The molecule has 6 nitrogen and oxygen atoms in total. The molecule has 0 unspecified atom stereocenters. The van der Waals surface area contributed by atoms with Crippen LogP contribution in [0.15, 0.2) is 59.8 Å². The number of halogens is 3. The number of thiazole rings is 1. The lowest BCUT2D eigenvalue weighted by atomic mass is 10.0. The first-order valence-corrected chi connectivity index (χ1v) is 11.8. The molecule has 2 aromatic heterocycles. The predicted octanol–water partition coefficient (Wildman–Crippen LogP) is 5.23. The molecular weight excluding hydrogens is 475 g/mol. The third kappa shape index (κ3) is 4.53. The molecular formula is C22H14F3N3O3S2. The van der Waals surface area contributed by atoms with Gasteiger partial charge in [-0.05, 0) is 41.8 Å². The van der Waals surface area contributed by atoms with E-state index in [9.17, 15) is 21.6 Å². The van der Waals surface area contributed by atoms with Crippen LogP contribution in [0.5, 0.6) is 5.75 Å². The van der Waals surface area contributed by atoms with Gasteiger partial charge >= 0.3 is 6.18 Å². The van der Waals surface area contributed by atoms with Crippen LogP contribution in [0.25, 0.3) is 22.0 Å². The van der Waals surface area contributed by atoms with Crippen LogP contribution < -0.4 is 4.74 Å². The minimum Gasteiger partial charge on any atom is -0.496 e. The fourth-order valence-electron chi connectivity index (χ4n) is 3.30. The second kappa shape index (κ2) is 8.46. The quantitative estimate of drug-likeness (QED) is 0.381. The van der Waals surface area contributed by atoms with Crippen LogP contribution in [-0.4, -0.2) is 25.5 Å². The Kier molecular flexibility index (Phi) is 5.82. The highest BCUT2D eigenvalue weighted by Crippen LogP contribution is 2.39. The van der Waals surface area contributed by atoms with Gasteiger partial charge in [0.05, 0.1) is 29.5 Å². The van der Waals surface area contributed by atoms with Gasteiger partial charge in [0.15, 0.2) is 9.84 Å². The van der Waals surface area contributed by atoms with Gasteiger partial charge in [0.1, 0.15) is 27.5 Å². The van der Waals surface area contributed by atoms with Crippen LogP contribution >= 0.6 is 11.3 Å². The minimum atomic E-state index is -4.52. The normalized spacial score (nSPS) is 12.0. The average molecular weight is 490 g/mol. The van der Waals surface area contributed by atoms with Crippen molar-refractivity contribution >= 4 is 31.9 Å². The molecule has 11 heteroatoms. The Morgan fingerprint density at radius 3 is 2.58 bits per heavy atom. The fourth-order valence-corrected chi connectivity index (χ4v) is 5.66. The van der Waals surface area contributed by atoms with E-state index in [4.69, 9.17) is 10.00 Å². The van der Waals surface area contributed by atoms with Crippen LogP contribution in [0.2, 0.25) is 0 Å². The number of rotatable bonds is 5. The summed E-state index contributed by atoms with van der Waals surface area (Å²) in [4.78, 5) is 8.64. The first-order valence-electron chi connectivity index (χ1n) is 9.34. The van der Waals surface area contributed by atoms with Crippen LogP contribution in [-0.2, 0) is 21.8 Å². The summed E-state index contributed by atoms with van der Waals surface area (Å²) in [6.07, 6.45) is -1.75. The Balaban J connectivity index is 1.76. The average Bonchev–Trinajstić information content (AvgIpc) is 3.24. The molecule has 0 fully saturated rings. The van der Waals surface area contributed by atoms with Crippen molar-refractivity contribution in [1.29, 1.82) is 5.26 Å². The molecule has 4 rings (SSSR count). The van der Waals surface area contributed by atoms with E-state index in [2.05, 4.69) is 9.97 Å². The Morgan fingerprint density at radius 2 is 1.91 bits per heavy atom. The topological polar surface area (TPSA) is 92.9 Å². The third-order valence-electron chi connectivity index (χ3n) is 4.86. The molecule has 2 aromatic carbocycles. The van der Waals surface area contributed by atoms with E-state index in [0.29, 0.717) is 31.9 Å². The Morgan fingerprint density at radius 1 is 1.12 bits per heavy atom. The van der Waals surface area contributed by atoms with Crippen LogP contribution in [0.4, 0.5) is 13.2 Å². The summed E-state index contributed by atoms with van der Waals surface area (Å²) < 4.78 is 70.2. The van der Waals surface area contributed by atoms with Crippen LogP contribution in [0, 0.1) is 11.3 Å². The van der Waals surface area contributed by atoms with Gasteiger partial charge in [-0.15, -0.1) is 11.3 Å². The van der Waals surface area contributed by atoms with Crippen molar-refractivity contribution in [1.82, 2.24) is 9.97 Å². The highest BCUT2D eigenvalue weighted by molar-refractivity contribution is 7.90. The molecule has 2 heterocycles. The van der Waals surface area contributed by atoms with E-state index in [0.717, 1.165) is 23.5 Å². The van der Waals surface area contributed by atoms with Gasteiger partial charge in [-0.1, -0.05) is 6.07 Å². The van der Waals surface area contributed by atoms with Gasteiger partial charge in [0.2, 0.25) is 0 Å². The molecule has 0 N–H and O–H groups in total. The first-order chi connectivity index (χ1) is 15.6. The molecule has 0 saturated heterocycles. The van der Waals surface area contributed by atoms with Crippen molar-refractivity contribution in [3.63, 3.8) is 0 Å². The third-order valence-corrected chi connectivity index (χ3v) is 7.57. The maximum atomic E-state index is 13.1. The standard InChI is InChI=1S/C22H14F3N3O3S2/c1-31-19-9-14(22(23,24)25)2-4-18(19)21-17-5-3-16(8-13(17)6-7-27-21)33(29,30)12-20-28-11-15(10-26)32-20/h2-9,11H,12H2,1H3. The van der Waals surface area contributed by atoms with Crippen molar-refractivity contribution in [3.8, 4) is 23.1 Å². The maximum absolute atomic E-state index is 13.1. The number of methoxy groups -OCH3 is 1. The van der Waals surface area contributed by atoms with E-state index in [1.54, 1.807) is 12.1 Å². The SMILES string of the molecule is COc1cc(C(F)(F)F)ccc1-c1nccc2cc(S(=O)(=O)Cc3ncc(C#N)s3)ccc12. The van der Waals surface area contributed by atoms with Gasteiger partial charge in [-0.25, -0.2) is 13.4 Å². The Labute approximate surface area is 190 Å². The van der Waals surface area contributed by atoms with E-state index >= 15 is 0 Å². The molecule has 0 atom stereocenters. The summed E-state index contributed by atoms with van der Waals surface area (Å²) >= 11 is 1.01. The maximum Gasteiger partial charge on any atom is 0.416 e. The van der Waals surface area contributed by atoms with Gasteiger partial charge in [-0.3, -0.25) is 4.98 Å². The molecule has 0 saturated carbocycles. The van der Waals surface area contributed by atoms with Crippen molar-refractivity contribution in [2.45, 2.75) is 16.8 Å². The molecule has 0 spiro atoms. The second-order valence-corrected chi connectivity index (χ2v) is 10.0. The van der Waals surface area contributed by atoms with Gasteiger partial charge in [-0.2, -0.15) is 18.4 Å². The number of sulfone groups is 1. The fraction of sp³-hybridized carbons (Fsp3) is 0.136. The summed E-state index contributed by atoms with van der Waals surface area (Å²) in [6, 6.07) is 11.1. The number of ether oxygens (including phenoxy) is 1. The van der Waals surface area contributed by atoms with Crippen molar-refractivity contribution in [3.05, 3.63) is 70.3 Å². The molecule has 33 heavy (non-hydrogen) atoms. The number of alkyl halides is 3. The van der Waals surface area contributed by atoms with Gasteiger partial charge < -0.3 is 4.74 Å². The number of nitriles is 1. The van der Waals surface area contributed by atoms with Gasteiger partial charge in [0.25, 0.3) is 0 Å². The summed E-state index contributed by atoms with van der Waals surface area (Å²) in [6.45, 7) is 0. The monoisotopic (exact) mass is 489 g/mol. The van der Waals surface area contributed by atoms with Crippen molar-refractivity contribution < 1.29 is 26.3 Å². The second-order valence-electron chi connectivity index (χ2n) is 6.94. The zero-order valence-electron chi connectivity index (χ0n) is 16.9. The number of fused-ring (bicyclic) bond motifs is 1. The van der Waals surface area contributed by atoms with E-state index in [1.807, 2.05) is 6.07 Å². The van der Waals surface area contributed by atoms with Crippen molar-refractivity contribution in [2.75, 3.05) is 7.11 Å². The number of pyridine rings is 1. The highest BCUT2D eigenvalue weighted by atomic mass is 32.2. The number of benzene rings is 2. The zero-order valence-corrected chi connectivity index (χ0v) is 18.6. The predicted molar refractivity (Wildman–Crippen MR) is 116 cm³/mol. The number of hydrogen-bond acceptors (Lipinski definition) is 7. The molecule has 0 aliphatic rings. The van der Waals surface area contributed by atoms with Gasteiger partial charge in [0, 0.05) is 17.1 Å². The van der Waals surface area contributed by atoms with E-state index in [-0.39, 0.29) is 16.4 Å². The molecule has 168 valence electrons. The van der Waals surface area contributed by atoms with Crippen molar-refractivity contribution in [2.24, 2.45) is 0 Å². The zero-order chi connectivity index (χ0) is 23.8. The Bertz CT molecular complexity index is 1510. The number of aromatic nitrogens is 2. The minimum absolute atomic E-state index is 0.00131. The smallest absolute Gasteiger partial charge is 0.416 e. The number of nitrogens with zero attached hydrogens (tertiary/aromatic N) is 3. The largest absolute Gasteiger partial charge is 0.496 e. The molecule has 0 amide bonds. The molecule has 4 aromatic rings. The summed E-state index contributed by atoms with van der Waals surface area (Å²) in [5.74, 6) is -0.353. The van der Waals surface area contributed by atoms with E-state index in [1.165, 1.54) is 37.7 Å². The lowest BCUT2D eigenvalue weighted by molar-refractivity contribution is -0.137. The van der Waals surface area contributed by atoms with Crippen LogP contribution in [0.3, 0.4) is 0 Å². The summed E-state index contributed by atoms with van der Waals surface area (Å²) in [5, 5.41) is 10.3. The summed E-state index contributed by atoms with van der Waals surface area (Å²) in [5.41, 5.74) is -0.141.